The highest BCUT2D eigenvalue weighted by atomic mass is 16.4. The van der Waals surface area contributed by atoms with E-state index in [1.165, 1.54) is 6.92 Å². The number of carboxylic acid groups (broad SMARTS) is 1. The van der Waals surface area contributed by atoms with Gasteiger partial charge in [0.05, 0.1) is 5.92 Å². The van der Waals surface area contributed by atoms with Crippen molar-refractivity contribution < 1.29 is 14.7 Å². The molecule has 0 aliphatic heterocycles. The predicted octanol–water partition coefficient (Wildman–Crippen LogP) is 2.00. The van der Waals surface area contributed by atoms with Crippen molar-refractivity contribution >= 4 is 17.7 Å². The Kier molecular flexibility index (Phi) is 3.83. The van der Waals surface area contributed by atoms with E-state index in [0.717, 1.165) is 5.56 Å². The minimum atomic E-state index is -0.775. The summed E-state index contributed by atoms with van der Waals surface area (Å²) >= 11 is 0. The van der Waals surface area contributed by atoms with Crippen LogP contribution < -0.4 is 4.90 Å². The van der Waals surface area contributed by atoms with E-state index in [1.54, 1.807) is 11.1 Å². The van der Waals surface area contributed by atoms with Crippen molar-refractivity contribution in [1.82, 2.24) is 4.98 Å². The van der Waals surface area contributed by atoms with Crippen molar-refractivity contribution in [3.8, 4) is 0 Å². The van der Waals surface area contributed by atoms with Gasteiger partial charge in [-0.15, -0.1) is 0 Å². The van der Waals surface area contributed by atoms with Crippen LogP contribution in [-0.4, -0.2) is 28.0 Å². The summed E-state index contributed by atoms with van der Waals surface area (Å²) < 4.78 is 0. The second kappa shape index (κ2) is 5.38. The summed E-state index contributed by atoms with van der Waals surface area (Å²) in [5, 5.41) is 9.04. The number of amides is 1. The molecular formula is C14H18N2O3. The molecule has 0 bridgehead atoms. The third-order valence-corrected chi connectivity index (χ3v) is 3.60. The summed E-state index contributed by atoms with van der Waals surface area (Å²) in [5.74, 6) is -0.610. The fourth-order valence-electron chi connectivity index (χ4n) is 2.62. The van der Waals surface area contributed by atoms with Crippen LogP contribution in [0.4, 0.5) is 5.82 Å². The van der Waals surface area contributed by atoms with Crippen molar-refractivity contribution in [1.29, 1.82) is 0 Å². The van der Waals surface area contributed by atoms with Crippen molar-refractivity contribution in [3.63, 3.8) is 0 Å². The molecule has 0 aromatic carbocycles. The molecule has 0 unspecified atom stereocenters. The highest BCUT2D eigenvalue weighted by Crippen LogP contribution is 2.31. The molecule has 1 aromatic heterocycles. The van der Waals surface area contributed by atoms with Gasteiger partial charge in [0.15, 0.2) is 0 Å². The molecule has 1 heterocycles. The molecule has 2 rings (SSSR count). The lowest BCUT2D eigenvalue weighted by molar-refractivity contribution is -0.141. The number of anilines is 1. The lowest BCUT2D eigenvalue weighted by Gasteiger charge is -2.27. The topological polar surface area (TPSA) is 70.5 Å². The van der Waals surface area contributed by atoms with E-state index >= 15 is 0 Å². The third-order valence-electron chi connectivity index (χ3n) is 3.60. The Bertz CT molecular complexity index is 484. The van der Waals surface area contributed by atoms with Crippen LogP contribution in [0.3, 0.4) is 0 Å². The van der Waals surface area contributed by atoms with E-state index in [1.807, 2.05) is 19.1 Å². The Labute approximate surface area is 112 Å². The molecule has 5 nitrogen and oxygen atoms in total. The number of rotatable bonds is 3. The Morgan fingerprint density at radius 1 is 1.37 bits per heavy atom. The summed E-state index contributed by atoms with van der Waals surface area (Å²) in [6, 6.07) is 3.65. The average molecular weight is 262 g/mol. The maximum absolute atomic E-state index is 11.8. The molecule has 0 radical (unpaired) electrons. The number of carbonyl (C=O) groups is 2. The normalized spacial score (nSPS) is 22.2. The van der Waals surface area contributed by atoms with Crippen LogP contribution in [0.2, 0.25) is 0 Å². The molecule has 19 heavy (non-hydrogen) atoms. The van der Waals surface area contributed by atoms with Crippen molar-refractivity contribution in [2.75, 3.05) is 4.90 Å². The second-order valence-electron chi connectivity index (χ2n) is 5.08. The van der Waals surface area contributed by atoms with Gasteiger partial charge in [0.25, 0.3) is 0 Å². The van der Waals surface area contributed by atoms with E-state index in [4.69, 9.17) is 5.11 Å². The maximum Gasteiger partial charge on any atom is 0.306 e. The average Bonchev–Trinajstić information content (AvgIpc) is 2.81. The zero-order chi connectivity index (χ0) is 14.0. The zero-order valence-electron chi connectivity index (χ0n) is 11.2. The number of aliphatic carboxylic acids is 1. The van der Waals surface area contributed by atoms with E-state index in [-0.39, 0.29) is 17.9 Å². The fraction of sp³-hybridized carbons (Fsp3) is 0.500. The molecule has 0 spiro atoms. The Morgan fingerprint density at radius 3 is 2.58 bits per heavy atom. The minimum absolute atomic E-state index is 0.0613. The first-order chi connectivity index (χ1) is 8.99. The molecule has 1 aliphatic rings. The first-order valence-electron chi connectivity index (χ1n) is 6.44. The summed E-state index contributed by atoms with van der Waals surface area (Å²) in [4.78, 5) is 28.7. The van der Waals surface area contributed by atoms with Gasteiger partial charge in [-0.3, -0.25) is 14.5 Å². The summed E-state index contributed by atoms with van der Waals surface area (Å²) in [6.07, 6.45) is 3.56. The van der Waals surface area contributed by atoms with Crippen molar-refractivity contribution in [2.45, 2.75) is 39.2 Å². The summed E-state index contributed by atoms with van der Waals surface area (Å²) in [7, 11) is 0. The highest BCUT2D eigenvalue weighted by molar-refractivity contribution is 5.91. The number of pyridine rings is 1. The van der Waals surface area contributed by atoms with E-state index in [2.05, 4.69) is 4.98 Å². The second-order valence-corrected chi connectivity index (χ2v) is 5.08. The van der Waals surface area contributed by atoms with E-state index in [9.17, 15) is 9.59 Å². The molecule has 0 saturated heterocycles. The maximum atomic E-state index is 11.8. The number of hydrogen-bond donors (Lipinski definition) is 1. The van der Waals surface area contributed by atoms with Crippen molar-refractivity contribution in [3.05, 3.63) is 23.9 Å². The number of carboxylic acids is 1. The largest absolute Gasteiger partial charge is 0.481 e. The monoisotopic (exact) mass is 262 g/mol. The van der Waals surface area contributed by atoms with Crippen LogP contribution in [0.15, 0.2) is 18.3 Å². The predicted molar refractivity (Wildman–Crippen MR) is 70.9 cm³/mol. The highest BCUT2D eigenvalue weighted by Gasteiger charge is 2.35. The minimum Gasteiger partial charge on any atom is -0.481 e. The van der Waals surface area contributed by atoms with E-state index < -0.39 is 5.97 Å². The quantitative estimate of drug-likeness (QED) is 0.904. The fourth-order valence-corrected chi connectivity index (χ4v) is 2.62. The molecule has 1 saturated carbocycles. The molecule has 1 N–H and O–H groups in total. The molecular weight excluding hydrogens is 244 g/mol. The Balaban J connectivity index is 2.20. The summed E-state index contributed by atoms with van der Waals surface area (Å²) in [6.45, 7) is 3.43. The molecule has 1 aromatic rings. The molecule has 1 aliphatic carbocycles. The van der Waals surface area contributed by atoms with Gasteiger partial charge in [0, 0.05) is 19.2 Å². The van der Waals surface area contributed by atoms with Gasteiger partial charge < -0.3 is 5.11 Å². The number of aromatic nitrogens is 1. The van der Waals surface area contributed by atoms with Gasteiger partial charge in [0.2, 0.25) is 5.91 Å². The lowest BCUT2D eigenvalue weighted by atomic mass is 10.1. The van der Waals surface area contributed by atoms with Crippen LogP contribution >= 0.6 is 0 Å². The number of carbonyl (C=O) groups excluding carboxylic acids is 1. The van der Waals surface area contributed by atoms with Gasteiger partial charge in [-0.25, -0.2) is 4.98 Å². The Hall–Kier alpha value is -1.91. The molecule has 1 amide bonds. The summed E-state index contributed by atoms with van der Waals surface area (Å²) in [5.41, 5.74) is 1.03. The molecule has 2 atom stereocenters. The number of hydrogen-bond acceptors (Lipinski definition) is 3. The Morgan fingerprint density at radius 2 is 2.11 bits per heavy atom. The first-order valence-corrected chi connectivity index (χ1v) is 6.44. The van der Waals surface area contributed by atoms with Crippen molar-refractivity contribution in [2.24, 2.45) is 5.92 Å². The van der Waals surface area contributed by atoms with Crippen LogP contribution in [0.25, 0.3) is 0 Å². The molecule has 1 fully saturated rings. The zero-order valence-corrected chi connectivity index (χ0v) is 11.2. The SMILES string of the molecule is CC(=O)N(c1ccc(C)cn1)[C@@H]1CC[C@H](C(=O)O)C1. The van der Waals surface area contributed by atoms with Crippen LogP contribution in [0, 0.1) is 12.8 Å². The smallest absolute Gasteiger partial charge is 0.306 e. The van der Waals surface area contributed by atoms with Gasteiger partial charge in [-0.1, -0.05) is 6.07 Å². The molecule has 102 valence electrons. The lowest BCUT2D eigenvalue weighted by Crippen LogP contribution is -2.38. The van der Waals surface area contributed by atoms with Crippen LogP contribution in [-0.2, 0) is 9.59 Å². The molecule has 5 heteroatoms. The third kappa shape index (κ3) is 2.92. The van der Waals surface area contributed by atoms with Gasteiger partial charge >= 0.3 is 5.97 Å². The van der Waals surface area contributed by atoms with Crippen LogP contribution in [0.5, 0.6) is 0 Å². The van der Waals surface area contributed by atoms with Crippen LogP contribution in [0.1, 0.15) is 31.7 Å². The number of aryl methyl sites for hydroxylation is 1. The standard InChI is InChI=1S/C14H18N2O3/c1-9-3-6-13(15-8-9)16(10(2)17)12-5-4-11(7-12)14(18)19/h3,6,8,11-12H,4-5,7H2,1-2H3,(H,18,19)/t11-,12+/m0/s1. The van der Waals surface area contributed by atoms with Gasteiger partial charge in [-0.2, -0.15) is 0 Å². The van der Waals surface area contributed by atoms with E-state index in [0.29, 0.717) is 25.1 Å². The number of nitrogens with zero attached hydrogens (tertiary/aromatic N) is 2. The van der Waals surface area contributed by atoms with Gasteiger partial charge in [0.1, 0.15) is 5.82 Å². The van der Waals surface area contributed by atoms with Gasteiger partial charge in [-0.05, 0) is 37.8 Å². The first kappa shape index (κ1) is 13.5.